The van der Waals surface area contributed by atoms with E-state index in [-0.39, 0.29) is 16.5 Å². The number of carboxylic acid groups (broad SMARTS) is 1. The average Bonchev–Trinajstić information content (AvgIpc) is 3.07. The summed E-state index contributed by atoms with van der Waals surface area (Å²) < 4.78 is 6.38. The third-order valence-electron chi connectivity index (χ3n) is 3.92. The standard InChI is InChI=1S/C19H17N3O5S/c1-2-15(16(23)20-13-8-6-7-12(11-13)18(24)25)28-17-19(26)27-21-22(17)14-9-4-3-5-10-14/h3-11,15H,2H2,1H3,(H2-,20,21,23,24,25,26)/p+1. The molecule has 0 aliphatic rings. The molecule has 9 heteroatoms. The lowest BCUT2D eigenvalue weighted by Gasteiger charge is -2.12. The lowest BCUT2D eigenvalue weighted by molar-refractivity contribution is -0.704. The number of aromatic carboxylic acids is 1. The number of carbonyl (C=O) groups excluding carboxylic acids is 1. The number of rotatable bonds is 7. The van der Waals surface area contributed by atoms with Crippen molar-refractivity contribution in [3.63, 3.8) is 0 Å². The molecule has 3 N–H and O–H groups in total. The second kappa shape index (κ2) is 8.57. The van der Waals surface area contributed by atoms with Gasteiger partial charge in [0.15, 0.2) is 0 Å². The number of carboxylic acids is 1. The number of nitrogens with zero attached hydrogens (tertiary/aromatic N) is 1. The number of hydrogen-bond donors (Lipinski definition) is 3. The van der Waals surface area contributed by atoms with Crippen LogP contribution in [0.4, 0.5) is 5.69 Å². The van der Waals surface area contributed by atoms with Gasteiger partial charge in [0, 0.05) is 17.8 Å². The average molecular weight is 400 g/mol. The first-order valence-electron chi connectivity index (χ1n) is 8.49. The topological polar surface area (TPSA) is 116 Å². The number of hydrogen-bond acceptors (Lipinski definition) is 5. The summed E-state index contributed by atoms with van der Waals surface area (Å²) in [5, 5.41) is 14.0. The quantitative estimate of drug-likeness (QED) is 0.414. The molecular weight excluding hydrogens is 382 g/mol. The fourth-order valence-corrected chi connectivity index (χ4v) is 3.51. The zero-order valence-corrected chi connectivity index (χ0v) is 15.7. The molecule has 1 aromatic heterocycles. The van der Waals surface area contributed by atoms with Crippen molar-refractivity contribution in [1.29, 1.82) is 0 Å². The van der Waals surface area contributed by atoms with Crippen molar-refractivity contribution in [1.82, 2.24) is 5.27 Å². The Kier molecular flexibility index (Phi) is 5.95. The van der Waals surface area contributed by atoms with E-state index in [0.29, 0.717) is 17.8 Å². The Morgan fingerprint density at radius 3 is 2.64 bits per heavy atom. The van der Waals surface area contributed by atoms with Crippen LogP contribution in [0.15, 0.2) is 68.9 Å². The van der Waals surface area contributed by atoms with Crippen molar-refractivity contribution in [3.8, 4) is 5.69 Å². The molecule has 28 heavy (non-hydrogen) atoms. The molecule has 0 fully saturated rings. The molecule has 0 aliphatic carbocycles. The van der Waals surface area contributed by atoms with Gasteiger partial charge < -0.3 is 10.4 Å². The Morgan fingerprint density at radius 2 is 1.96 bits per heavy atom. The van der Waals surface area contributed by atoms with Gasteiger partial charge in [-0.25, -0.2) is 9.59 Å². The number of para-hydroxylation sites is 1. The normalized spacial score (nSPS) is 11.8. The second-order valence-corrected chi connectivity index (χ2v) is 7.04. The summed E-state index contributed by atoms with van der Waals surface area (Å²) in [6, 6.07) is 15.1. The van der Waals surface area contributed by atoms with E-state index < -0.39 is 16.8 Å². The Morgan fingerprint density at radius 1 is 1.21 bits per heavy atom. The third kappa shape index (κ3) is 4.32. The van der Waals surface area contributed by atoms with Crippen LogP contribution in [0.3, 0.4) is 0 Å². The summed E-state index contributed by atoms with van der Waals surface area (Å²) in [5.41, 5.74) is 0.570. The Hall–Kier alpha value is -3.33. The van der Waals surface area contributed by atoms with E-state index in [0.717, 1.165) is 11.8 Å². The monoisotopic (exact) mass is 400 g/mol. The maximum Gasteiger partial charge on any atom is 0.442 e. The molecule has 0 saturated carbocycles. The molecule has 3 rings (SSSR count). The molecule has 1 unspecified atom stereocenters. The first-order chi connectivity index (χ1) is 13.5. The molecule has 2 aromatic carbocycles. The summed E-state index contributed by atoms with van der Waals surface area (Å²) in [6.45, 7) is 1.83. The van der Waals surface area contributed by atoms with Crippen LogP contribution >= 0.6 is 11.8 Å². The fourth-order valence-electron chi connectivity index (χ4n) is 2.52. The Labute approximate surface area is 164 Å². The first kappa shape index (κ1) is 19.4. The highest BCUT2D eigenvalue weighted by molar-refractivity contribution is 8.00. The van der Waals surface area contributed by atoms with Crippen LogP contribution in [-0.4, -0.2) is 27.5 Å². The number of thioether (sulfide) groups is 1. The molecule has 1 atom stereocenters. The molecule has 0 aliphatic heterocycles. The lowest BCUT2D eigenvalue weighted by Crippen LogP contribution is -2.37. The minimum atomic E-state index is -1.08. The van der Waals surface area contributed by atoms with E-state index in [1.165, 1.54) is 16.8 Å². The van der Waals surface area contributed by atoms with Gasteiger partial charge >= 0.3 is 16.6 Å². The van der Waals surface area contributed by atoms with Crippen molar-refractivity contribution in [3.05, 3.63) is 70.6 Å². The van der Waals surface area contributed by atoms with Gasteiger partial charge in [-0.2, -0.15) is 0 Å². The van der Waals surface area contributed by atoms with E-state index >= 15 is 0 Å². The van der Waals surface area contributed by atoms with Gasteiger partial charge in [0.05, 0.1) is 10.8 Å². The van der Waals surface area contributed by atoms with E-state index in [9.17, 15) is 14.4 Å². The molecule has 0 radical (unpaired) electrons. The summed E-state index contributed by atoms with van der Waals surface area (Å²) in [4.78, 5) is 35.9. The SMILES string of the molecule is CCC(Sc1c(=O)o[nH][n+]1-c1ccccc1)C(=O)Nc1cccc(C(=O)O)c1. The maximum absolute atomic E-state index is 12.7. The predicted octanol–water partition coefficient (Wildman–Crippen LogP) is 2.45. The van der Waals surface area contributed by atoms with Gasteiger partial charge in [0.1, 0.15) is 0 Å². The zero-order valence-electron chi connectivity index (χ0n) is 14.9. The number of benzene rings is 2. The molecule has 1 heterocycles. The van der Waals surface area contributed by atoms with Gasteiger partial charge in [-0.3, -0.25) is 9.32 Å². The summed E-state index contributed by atoms with van der Waals surface area (Å²) in [5.74, 6) is -1.42. The number of aromatic amines is 1. The van der Waals surface area contributed by atoms with Crippen molar-refractivity contribution >= 4 is 29.3 Å². The highest BCUT2D eigenvalue weighted by Gasteiger charge is 2.30. The van der Waals surface area contributed by atoms with Gasteiger partial charge in [0.25, 0.3) is 0 Å². The summed E-state index contributed by atoms with van der Waals surface area (Å²) in [7, 11) is 0. The van der Waals surface area contributed by atoms with Gasteiger partial charge in [-0.15, -0.1) is 0 Å². The Balaban J connectivity index is 1.81. The molecule has 3 aromatic rings. The van der Waals surface area contributed by atoms with Crippen molar-refractivity contribution in [2.24, 2.45) is 0 Å². The predicted molar refractivity (Wildman–Crippen MR) is 103 cm³/mol. The zero-order chi connectivity index (χ0) is 20.1. The largest absolute Gasteiger partial charge is 0.478 e. The summed E-state index contributed by atoms with van der Waals surface area (Å²) >= 11 is 1.08. The van der Waals surface area contributed by atoms with Crippen LogP contribution in [0.1, 0.15) is 23.7 Å². The third-order valence-corrected chi connectivity index (χ3v) is 5.32. The van der Waals surface area contributed by atoms with E-state index in [2.05, 4.69) is 10.6 Å². The van der Waals surface area contributed by atoms with Crippen LogP contribution in [0, 0.1) is 0 Å². The van der Waals surface area contributed by atoms with Crippen molar-refractivity contribution in [2.45, 2.75) is 23.6 Å². The maximum atomic E-state index is 12.7. The van der Waals surface area contributed by atoms with E-state index in [1.54, 1.807) is 24.3 Å². The Bertz CT molecular complexity index is 1040. The first-order valence-corrected chi connectivity index (χ1v) is 9.37. The molecule has 0 saturated heterocycles. The van der Waals surface area contributed by atoms with Gasteiger partial charge in [-0.1, -0.05) is 31.2 Å². The van der Waals surface area contributed by atoms with Crippen molar-refractivity contribution < 1.29 is 23.9 Å². The van der Waals surface area contributed by atoms with Gasteiger partial charge in [0.2, 0.25) is 11.6 Å². The number of nitrogens with one attached hydrogen (secondary N) is 2. The second-order valence-electron chi connectivity index (χ2n) is 5.85. The highest BCUT2D eigenvalue weighted by atomic mass is 32.2. The number of amides is 1. The van der Waals surface area contributed by atoms with E-state index in [1.807, 2.05) is 25.1 Å². The summed E-state index contributed by atoms with van der Waals surface area (Å²) in [6.07, 6.45) is 0.453. The fraction of sp³-hybridized carbons (Fsp3) is 0.158. The van der Waals surface area contributed by atoms with Crippen LogP contribution in [0.2, 0.25) is 0 Å². The molecule has 1 amide bonds. The molecule has 8 nitrogen and oxygen atoms in total. The molecule has 0 spiro atoms. The van der Waals surface area contributed by atoms with Gasteiger partial charge in [-0.05, 0) is 46.3 Å². The minimum absolute atomic E-state index is 0.0756. The number of H-pyrrole nitrogens is 1. The number of carbonyl (C=O) groups is 2. The highest BCUT2D eigenvalue weighted by Crippen LogP contribution is 2.23. The number of anilines is 1. The van der Waals surface area contributed by atoms with Crippen LogP contribution < -0.4 is 15.6 Å². The van der Waals surface area contributed by atoms with Crippen molar-refractivity contribution in [2.75, 3.05) is 5.32 Å². The smallest absolute Gasteiger partial charge is 0.442 e. The van der Waals surface area contributed by atoms with Crippen LogP contribution in [0.25, 0.3) is 5.69 Å². The van der Waals surface area contributed by atoms with E-state index in [4.69, 9.17) is 9.63 Å². The molecule has 0 bridgehead atoms. The minimum Gasteiger partial charge on any atom is -0.478 e. The van der Waals surface area contributed by atoms with Crippen LogP contribution in [0.5, 0.6) is 0 Å². The molecule has 144 valence electrons. The lowest BCUT2D eigenvalue weighted by atomic mass is 10.2. The molecular formula is C19H18N3O5S+. The van der Waals surface area contributed by atoms with Crippen LogP contribution in [-0.2, 0) is 4.79 Å². The number of aromatic nitrogens is 2.